The predicted molar refractivity (Wildman–Crippen MR) is 131 cm³/mol. The summed E-state index contributed by atoms with van der Waals surface area (Å²) in [6.45, 7) is 4.64. The van der Waals surface area contributed by atoms with Crippen molar-refractivity contribution in [1.82, 2.24) is 14.9 Å². The van der Waals surface area contributed by atoms with Gasteiger partial charge in [0, 0.05) is 17.8 Å². The third-order valence-electron chi connectivity index (χ3n) is 6.33. The van der Waals surface area contributed by atoms with Crippen LogP contribution in [0.15, 0.2) is 42.7 Å². The lowest BCUT2D eigenvalue weighted by Crippen LogP contribution is -2.21. The number of likely N-dealkylation sites (tertiary alicyclic amines) is 1. The monoisotopic (exact) mass is 513 g/mol. The standard InChI is InChI=1S/C26H26F3N5O3/c1-16-4-5-17(12-21(16)37-25-22-23(31-15-32-25)30-8-11-36-22)24(35)33-19-7-6-18(14-34-9-2-3-10-34)20(13-19)26(27,28)29/h4-7,12-13,15H,2-3,8-11,14H2,1H3,(H,33,35)(H,30,31,32). The second kappa shape index (κ2) is 10.3. The number of halogens is 3. The number of carbonyl (C=O) groups is 1. The molecule has 1 fully saturated rings. The number of alkyl halides is 3. The van der Waals surface area contributed by atoms with Crippen molar-refractivity contribution in [2.45, 2.75) is 32.5 Å². The van der Waals surface area contributed by atoms with Crippen LogP contribution in [0.1, 0.15) is 39.9 Å². The van der Waals surface area contributed by atoms with E-state index in [0.29, 0.717) is 30.5 Å². The lowest BCUT2D eigenvalue weighted by Gasteiger charge is -2.20. The summed E-state index contributed by atoms with van der Waals surface area (Å²) in [5, 5.41) is 5.68. The summed E-state index contributed by atoms with van der Waals surface area (Å²) in [5.74, 6) is 0.877. The normalized spacial score (nSPS) is 15.5. The maximum Gasteiger partial charge on any atom is 0.416 e. The number of amides is 1. The van der Waals surface area contributed by atoms with Crippen molar-refractivity contribution in [3.05, 3.63) is 65.0 Å². The van der Waals surface area contributed by atoms with Gasteiger partial charge in [-0.15, -0.1) is 0 Å². The molecule has 0 radical (unpaired) electrons. The highest BCUT2D eigenvalue weighted by Gasteiger charge is 2.34. The first-order valence-corrected chi connectivity index (χ1v) is 12.0. The first-order valence-electron chi connectivity index (χ1n) is 12.0. The minimum Gasteiger partial charge on any atom is -0.483 e. The molecule has 194 valence electrons. The van der Waals surface area contributed by atoms with Gasteiger partial charge in [-0.2, -0.15) is 18.2 Å². The highest BCUT2D eigenvalue weighted by Crippen LogP contribution is 2.38. The molecule has 0 aliphatic carbocycles. The van der Waals surface area contributed by atoms with E-state index in [1.807, 2.05) is 4.90 Å². The predicted octanol–water partition coefficient (Wildman–Crippen LogP) is 5.25. The molecule has 1 saturated heterocycles. The summed E-state index contributed by atoms with van der Waals surface area (Å²) in [5.41, 5.74) is 0.473. The van der Waals surface area contributed by atoms with Gasteiger partial charge in [-0.25, -0.2) is 4.98 Å². The summed E-state index contributed by atoms with van der Waals surface area (Å²) >= 11 is 0. The van der Waals surface area contributed by atoms with Crippen molar-refractivity contribution >= 4 is 17.4 Å². The molecular formula is C26H26F3N5O3. The Balaban J connectivity index is 1.35. The maximum atomic E-state index is 13.8. The molecule has 37 heavy (non-hydrogen) atoms. The maximum absolute atomic E-state index is 13.8. The number of nitrogens with zero attached hydrogens (tertiary/aromatic N) is 3. The zero-order chi connectivity index (χ0) is 26.0. The minimum atomic E-state index is -4.53. The van der Waals surface area contributed by atoms with Crippen molar-refractivity contribution in [2.24, 2.45) is 0 Å². The molecule has 1 aromatic heterocycles. The number of carbonyl (C=O) groups excluding carboxylic acids is 1. The molecule has 0 unspecified atom stereocenters. The number of benzene rings is 2. The Kier molecular flexibility index (Phi) is 6.88. The van der Waals surface area contributed by atoms with Crippen molar-refractivity contribution in [3.8, 4) is 17.4 Å². The Morgan fingerprint density at radius 3 is 2.76 bits per heavy atom. The fourth-order valence-electron chi connectivity index (χ4n) is 4.41. The van der Waals surface area contributed by atoms with Gasteiger partial charge in [0.25, 0.3) is 11.8 Å². The van der Waals surface area contributed by atoms with E-state index in [0.717, 1.165) is 37.6 Å². The summed E-state index contributed by atoms with van der Waals surface area (Å²) in [4.78, 5) is 23.2. The van der Waals surface area contributed by atoms with Crippen LogP contribution in [0, 0.1) is 6.92 Å². The molecule has 2 N–H and O–H groups in total. The van der Waals surface area contributed by atoms with Crippen molar-refractivity contribution in [2.75, 3.05) is 36.9 Å². The van der Waals surface area contributed by atoms with E-state index in [1.54, 1.807) is 19.1 Å². The highest BCUT2D eigenvalue weighted by atomic mass is 19.4. The number of aryl methyl sites for hydroxylation is 1. The first-order chi connectivity index (χ1) is 17.8. The number of hydrogen-bond acceptors (Lipinski definition) is 7. The number of nitrogens with one attached hydrogen (secondary N) is 2. The van der Waals surface area contributed by atoms with Gasteiger partial charge in [0.2, 0.25) is 5.75 Å². The molecule has 3 aromatic rings. The molecule has 2 aliphatic rings. The Labute approximate surface area is 211 Å². The Morgan fingerprint density at radius 1 is 1.16 bits per heavy atom. The number of aromatic nitrogens is 2. The smallest absolute Gasteiger partial charge is 0.416 e. The van der Waals surface area contributed by atoms with E-state index in [4.69, 9.17) is 9.47 Å². The van der Waals surface area contributed by atoms with Gasteiger partial charge in [-0.3, -0.25) is 9.69 Å². The minimum absolute atomic E-state index is 0.0647. The van der Waals surface area contributed by atoms with E-state index >= 15 is 0 Å². The van der Waals surface area contributed by atoms with E-state index in [-0.39, 0.29) is 29.2 Å². The van der Waals surface area contributed by atoms with Gasteiger partial charge in [-0.1, -0.05) is 12.1 Å². The SMILES string of the molecule is Cc1ccc(C(=O)Nc2ccc(CN3CCCC3)c(C(F)(F)F)c2)cc1Oc1ncnc2c1OCCN2. The van der Waals surface area contributed by atoms with Crippen LogP contribution in [0.4, 0.5) is 24.7 Å². The van der Waals surface area contributed by atoms with E-state index in [2.05, 4.69) is 20.6 Å². The molecule has 2 aliphatic heterocycles. The Hall–Kier alpha value is -3.86. The van der Waals surface area contributed by atoms with Gasteiger partial charge < -0.3 is 20.1 Å². The van der Waals surface area contributed by atoms with E-state index in [1.165, 1.54) is 24.5 Å². The quantitative estimate of drug-likeness (QED) is 0.466. The lowest BCUT2D eigenvalue weighted by atomic mass is 10.0. The molecule has 0 bridgehead atoms. The zero-order valence-electron chi connectivity index (χ0n) is 20.2. The van der Waals surface area contributed by atoms with Crippen molar-refractivity contribution in [1.29, 1.82) is 0 Å². The van der Waals surface area contributed by atoms with Crippen LogP contribution in [-0.2, 0) is 12.7 Å². The summed E-state index contributed by atoms with van der Waals surface area (Å²) in [7, 11) is 0. The molecule has 3 heterocycles. The van der Waals surface area contributed by atoms with Crippen LogP contribution in [0.5, 0.6) is 17.4 Å². The fourth-order valence-corrected chi connectivity index (χ4v) is 4.41. The molecule has 1 amide bonds. The third kappa shape index (κ3) is 5.61. The van der Waals surface area contributed by atoms with Crippen LogP contribution in [0.25, 0.3) is 0 Å². The van der Waals surface area contributed by atoms with E-state index < -0.39 is 17.6 Å². The van der Waals surface area contributed by atoms with Gasteiger partial charge in [0.1, 0.15) is 18.7 Å². The molecule has 11 heteroatoms. The van der Waals surface area contributed by atoms with Crippen LogP contribution >= 0.6 is 0 Å². The topological polar surface area (TPSA) is 88.6 Å². The first kappa shape index (κ1) is 24.8. The van der Waals surface area contributed by atoms with Crippen LogP contribution in [-0.4, -0.2) is 47.0 Å². The average molecular weight is 514 g/mol. The number of hydrogen-bond donors (Lipinski definition) is 2. The Bertz CT molecular complexity index is 1310. The molecule has 2 aromatic carbocycles. The largest absolute Gasteiger partial charge is 0.483 e. The second-order valence-electron chi connectivity index (χ2n) is 9.02. The summed E-state index contributed by atoms with van der Waals surface area (Å²) in [6, 6.07) is 8.72. The number of anilines is 2. The summed E-state index contributed by atoms with van der Waals surface area (Å²) < 4.78 is 53.0. The van der Waals surface area contributed by atoms with Crippen molar-refractivity contribution < 1.29 is 27.4 Å². The molecule has 0 atom stereocenters. The van der Waals surface area contributed by atoms with Crippen LogP contribution in [0.3, 0.4) is 0 Å². The Morgan fingerprint density at radius 2 is 1.97 bits per heavy atom. The second-order valence-corrected chi connectivity index (χ2v) is 9.02. The van der Waals surface area contributed by atoms with Crippen LogP contribution in [0.2, 0.25) is 0 Å². The molecule has 0 saturated carbocycles. The molecule has 8 nitrogen and oxygen atoms in total. The molecular weight excluding hydrogens is 487 g/mol. The van der Waals surface area contributed by atoms with Crippen LogP contribution < -0.4 is 20.1 Å². The van der Waals surface area contributed by atoms with Gasteiger partial charge in [0.15, 0.2) is 5.82 Å². The van der Waals surface area contributed by atoms with Crippen molar-refractivity contribution in [3.63, 3.8) is 0 Å². The van der Waals surface area contributed by atoms with E-state index in [9.17, 15) is 18.0 Å². The zero-order valence-corrected chi connectivity index (χ0v) is 20.2. The number of ether oxygens (including phenoxy) is 2. The lowest BCUT2D eigenvalue weighted by molar-refractivity contribution is -0.138. The van der Waals surface area contributed by atoms with Gasteiger partial charge in [-0.05, 0) is 68.2 Å². The number of fused-ring (bicyclic) bond motifs is 1. The fraction of sp³-hybridized carbons (Fsp3) is 0.346. The molecule has 0 spiro atoms. The number of rotatable bonds is 6. The summed E-state index contributed by atoms with van der Waals surface area (Å²) in [6.07, 6.45) is -1.22. The third-order valence-corrected chi connectivity index (χ3v) is 6.33. The van der Waals surface area contributed by atoms with Gasteiger partial charge >= 0.3 is 6.18 Å². The molecule has 5 rings (SSSR count). The average Bonchev–Trinajstić information content (AvgIpc) is 3.39. The highest BCUT2D eigenvalue weighted by molar-refractivity contribution is 6.04. The van der Waals surface area contributed by atoms with Gasteiger partial charge in [0.05, 0.1) is 12.1 Å².